The number of carboxylic acid groups (broad SMARTS) is 2. The lowest BCUT2D eigenvalue weighted by atomic mass is 9.73. The quantitative estimate of drug-likeness (QED) is 0.0928. The van der Waals surface area contributed by atoms with Crippen LogP contribution < -0.4 is 0 Å². The minimum absolute atomic E-state index is 0.310. The van der Waals surface area contributed by atoms with Crippen LogP contribution >= 0.6 is 0 Å². The topological polar surface area (TPSA) is 74.6 Å². The van der Waals surface area contributed by atoms with E-state index < -0.39 is 11.9 Å². The van der Waals surface area contributed by atoms with E-state index in [2.05, 4.69) is 27.7 Å². The van der Waals surface area contributed by atoms with Crippen molar-refractivity contribution in [3.8, 4) is 0 Å². The minimum Gasteiger partial charge on any atom is -0.481 e. The maximum atomic E-state index is 11.9. The van der Waals surface area contributed by atoms with Crippen molar-refractivity contribution in [2.45, 2.75) is 182 Å². The van der Waals surface area contributed by atoms with Gasteiger partial charge in [0.1, 0.15) is 0 Å². The van der Waals surface area contributed by atoms with Crippen molar-refractivity contribution in [2.24, 2.45) is 23.7 Å². The largest absolute Gasteiger partial charge is 0.481 e. The van der Waals surface area contributed by atoms with Crippen molar-refractivity contribution >= 4 is 11.9 Å². The number of aliphatic carboxylic acids is 2. The van der Waals surface area contributed by atoms with Crippen LogP contribution in [0.2, 0.25) is 0 Å². The molecule has 0 aromatic heterocycles. The zero-order chi connectivity index (χ0) is 28.4. The first-order chi connectivity index (χ1) is 18.4. The van der Waals surface area contributed by atoms with Gasteiger partial charge in [0.25, 0.3) is 0 Å². The zero-order valence-electron chi connectivity index (χ0n) is 26.0. The number of rotatable bonds is 29. The summed E-state index contributed by atoms with van der Waals surface area (Å²) >= 11 is 0. The Bertz CT molecular complexity index is 529. The number of hydrogen-bond acceptors (Lipinski definition) is 2. The molecule has 0 heterocycles. The summed E-state index contributed by atoms with van der Waals surface area (Å²) < 4.78 is 0. The molecule has 0 aromatic rings. The molecule has 0 aromatic carbocycles. The molecule has 3 unspecified atom stereocenters. The summed E-state index contributed by atoms with van der Waals surface area (Å²) in [5.74, 6) is 1.11. The third-order valence-corrected chi connectivity index (χ3v) is 8.93. The van der Waals surface area contributed by atoms with Crippen LogP contribution in [0.25, 0.3) is 0 Å². The molecule has 0 aliphatic heterocycles. The molecule has 3 atom stereocenters. The highest BCUT2D eigenvalue weighted by Crippen LogP contribution is 2.37. The summed E-state index contributed by atoms with van der Waals surface area (Å²) in [6.07, 6.45) is 27.4. The SMILES string of the molecule is CCCCC(CC)CC(CC(CC)CCCC)C(CCCCCCCCCCCCCC(=O)O)CC(=O)O. The molecule has 0 aliphatic rings. The molecule has 226 valence electrons. The molecule has 4 nitrogen and oxygen atoms in total. The van der Waals surface area contributed by atoms with Crippen LogP contribution in [-0.4, -0.2) is 22.2 Å². The molecule has 0 bridgehead atoms. The van der Waals surface area contributed by atoms with E-state index in [9.17, 15) is 14.7 Å². The molecule has 0 saturated carbocycles. The monoisotopic (exact) mass is 538 g/mol. The smallest absolute Gasteiger partial charge is 0.303 e. The van der Waals surface area contributed by atoms with Gasteiger partial charge in [-0.15, -0.1) is 0 Å². The molecular formula is C34H66O4. The molecule has 0 saturated heterocycles. The minimum atomic E-state index is -0.677. The van der Waals surface area contributed by atoms with Gasteiger partial charge in [0.15, 0.2) is 0 Å². The molecule has 0 radical (unpaired) electrons. The standard InChI is InChI=1S/C34H66O4/c1-5-9-22-29(7-3)26-32(27-30(8-4)23-10-6-2)31(28-34(37)38)24-20-18-16-14-12-11-13-15-17-19-21-25-33(35)36/h29-32H,5-28H2,1-4H3,(H,35,36)(H,37,38). The van der Waals surface area contributed by atoms with Crippen LogP contribution in [0.4, 0.5) is 0 Å². The second-order valence-electron chi connectivity index (χ2n) is 12.2. The van der Waals surface area contributed by atoms with E-state index in [0.717, 1.165) is 37.5 Å². The van der Waals surface area contributed by atoms with E-state index >= 15 is 0 Å². The highest BCUT2D eigenvalue weighted by Gasteiger charge is 2.28. The average molecular weight is 539 g/mol. The first-order valence-corrected chi connectivity index (χ1v) is 16.8. The average Bonchev–Trinajstić information content (AvgIpc) is 2.89. The second kappa shape index (κ2) is 26.2. The summed E-state index contributed by atoms with van der Waals surface area (Å²) in [6, 6.07) is 0. The zero-order valence-corrected chi connectivity index (χ0v) is 26.0. The number of carboxylic acids is 2. The molecule has 0 spiro atoms. The number of carbonyl (C=O) groups is 2. The van der Waals surface area contributed by atoms with Gasteiger partial charge in [0.2, 0.25) is 0 Å². The van der Waals surface area contributed by atoms with Gasteiger partial charge in [-0.05, 0) is 49.4 Å². The Labute approximate surface area is 237 Å². The third kappa shape index (κ3) is 21.8. The third-order valence-electron chi connectivity index (χ3n) is 8.93. The van der Waals surface area contributed by atoms with Gasteiger partial charge in [-0.3, -0.25) is 9.59 Å². The van der Waals surface area contributed by atoms with Crippen LogP contribution in [0.5, 0.6) is 0 Å². The lowest BCUT2D eigenvalue weighted by Crippen LogP contribution is -2.24. The van der Waals surface area contributed by atoms with E-state index in [0.29, 0.717) is 24.7 Å². The van der Waals surface area contributed by atoms with Gasteiger partial charge in [0, 0.05) is 12.8 Å². The van der Waals surface area contributed by atoms with Gasteiger partial charge < -0.3 is 10.2 Å². The summed E-state index contributed by atoms with van der Waals surface area (Å²) in [4.78, 5) is 22.4. The lowest BCUT2D eigenvalue weighted by Gasteiger charge is -2.32. The number of unbranched alkanes of at least 4 members (excludes halogenated alkanes) is 12. The van der Waals surface area contributed by atoms with Gasteiger partial charge in [-0.2, -0.15) is 0 Å². The number of hydrogen-bond donors (Lipinski definition) is 2. The van der Waals surface area contributed by atoms with Crippen molar-refractivity contribution in [1.29, 1.82) is 0 Å². The van der Waals surface area contributed by atoms with Crippen molar-refractivity contribution in [3.63, 3.8) is 0 Å². The predicted molar refractivity (Wildman–Crippen MR) is 163 cm³/mol. The molecule has 38 heavy (non-hydrogen) atoms. The second-order valence-corrected chi connectivity index (χ2v) is 12.2. The van der Waals surface area contributed by atoms with Crippen LogP contribution in [0.1, 0.15) is 182 Å². The molecular weight excluding hydrogens is 472 g/mol. The summed E-state index contributed by atoms with van der Waals surface area (Å²) in [7, 11) is 0. The molecule has 0 fully saturated rings. The Morgan fingerprint density at radius 2 is 0.921 bits per heavy atom. The van der Waals surface area contributed by atoms with Gasteiger partial charge in [-0.25, -0.2) is 0 Å². The van der Waals surface area contributed by atoms with Crippen molar-refractivity contribution < 1.29 is 19.8 Å². The fraction of sp³-hybridized carbons (Fsp3) is 0.941. The molecule has 0 amide bonds. The molecule has 2 N–H and O–H groups in total. The Morgan fingerprint density at radius 3 is 1.29 bits per heavy atom. The van der Waals surface area contributed by atoms with Gasteiger partial charge >= 0.3 is 11.9 Å². The lowest BCUT2D eigenvalue weighted by molar-refractivity contribution is -0.139. The van der Waals surface area contributed by atoms with Crippen LogP contribution in [0.15, 0.2) is 0 Å². The Morgan fingerprint density at radius 1 is 0.500 bits per heavy atom. The molecule has 4 heteroatoms. The van der Waals surface area contributed by atoms with E-state index in [1.165, 1.54) is 116 Å². The van der Waals surface area contributed by atoms with E-state index in [-0.39, 0.29) is 0 Å². The van der Waals surface area contributed by atoms with E-state index in [1.807, 2.05) is 0 Å². The van der Waals surface area contributed by atoms with Crippen LogP contribution in [0.3, 0.4) is 0 Å². The van der Waals surface area contributed by atoms with E-state index in [4.69, 9.17) is 5.11 Å². The van der Waals surface area contributed by atoms with Crippen molar-refractivity contribution in [2.75, 3.05) is 0 Å². The Kier molecular flexibility index (Phi) is 25.4. The van der Waals surface area contributed by atoms with Crippen molar-refractivity contribution in [3.05, 3.63) is 0 Å². The highest BCUT2D eigenvalue weighted by molar-refractivity contribution is 5.67. The summed E-state index contributed by atoms with van der Waals surface area (Å²) in [5, 5.41) is 18.5. The first-order valence-electron chi connectivity index (χ1n) is 16.8. The van der Waals surface area contributed by atoms with Gasteiger partial charge in [-0.1, -0.05) is 143 Å². The maximum Gasteiger partial charge on any atom is 0.303 e. The molecule has 0 aliphatic carbocycles. The summed E-state index contributed by atoms with van der Waals surface area (Å²) in [6.45, 7) is 9.22. The highest BCUT2D eigenvalue weighted by atomic mass is 16.4. The van der Waals surface area contributed by atoms with E-state index in [1.54, 1.807) is 0 Å². The molecule has 0 rings (SSSR count). The van der Waals surface area contributed by atoms with Gasteiger partial charge in [0.05, 0.1) is 0 Å². The maximum absolute atomic E-state index is 11.9. The Hall–Kier alpha value is -1.06. The van der Waals surface area contributed by atoms with Crippen LogP contribution in [0, 0.1) is 23.7 Å². The fourth-order valence-electron chi connectivity index (χ4n) is 6.30. The Balaban J connectivity index is 4.63. The van der Waals surface area contributed by atoms with Crippen molar-refractivity contribution in [1.82, 2.24) is 0 Å². The predicted octanol–water partition coefficient (Wildman–Crippen LogP) is 11.1. The summed E-state index contributed by atoms with van der Waals surface area (Å²) in [5.41, 5.74) is 0. The normalized spacial score (nSPS) is 14.7. The first kappa shape index (κ1) is 36.9. The van der Waals surface area contributed by atoms with Crippen LogP contribution in [-0.2, 0) is 9.59 Å². The fourth-order valence-corrected chi connectivity index (χ4v) is 6.30.